The predicted octanol–water partition coefficient (Wildman–Crippen LogP) is 2.33. The highest BCUT2D eigenvalue weighted by Crippen LogP contribution is 2.29. The van der Waals surface area contributed by atoms with Gasteiger partial charge in [-0.2, -0.15) is 4.31 Å². The topological polar surface area (TPSA) is 72.6 Å². The normalized spacial score (nSPS) is 20.4. The summed E-state index contributed by atoms with van der Waals surface area (Å²) in [5.41, 5.74) is 5.51. The van der Waals surface area contributed by atoms with Crippen LogP contribution in [0.5, 0.6) is 5.75 Å². The van der Waals surface area contributed by atoms with Crippen molar-refractivity contribution in [2.24, 2.45) is 11.7 Å². The van der Waals surface area contributed by atoms with Gasteiger partial charge < -0.3 is 10.5 Å². The molecular weight excluding hydrogens is 333 g/mol. The summed E-state index contributed by atoms with van der Waals surface area (Å²) in [6.45, 7) is 1.17. The van der Waals surface area contributed by atoms with Crippen molar-refractivity contribution in [3.8, 4) is 5.75 Å². The number of ether oxygens (including phenoxy) is 1. The Kier molecular flexibility index (Phi) is 5.53. The highest BCUT2D eigenvalue weighted by atomic mass is 32.2. The molecule has 23 heavy (non-hydrogen) atoms. The molecule has 0 radical (unpaired) electrons. The molecule has 0 aliphatic carbocycles. The smallest absolute Gasteiger partial charge is 0.406 e. The number of nitrogens with zero attached hydrogens (tertiary/aromatic N) is 1. The maximum atomic E-state index is 12.6. The zero-order chi connectivity index (χ0) is 17.1. The summed E-state index contributed by atoms with van der Waals surface area (Å²) < 4.78 is 67.1. The van der Waals surface area contributed by atoms with E-state index in [1.54, 1.807) is 0 Å². The second kappa shape index (κ2) is 7.06. The van der Waals surface area contributed by atoms with Crippen LogP contribution in [0.2, 0.25) is 0 Å². The number of rotatable bonds is 5. The molecule has 130 valence electrons. The SMILES string of the molecule is NCCC1CCCN(S(=O)(=O)c2cccc(OC(F)(F)F)c2)C1. The fourth-order valence-corrected chi connectivity index (χ4v) is 4.29. The molecule has 1 unspecified atom stereocenters. The molecule has 0 bridgehead atoms. The van der Waals surface area contributed by atoms with Gasteiger partial charge in [-0.1, -0.05) is 6.07 Å². The molecule has 5 nitrogen and oxygen atoms in total. The van der Waals surface area contributed by atoms with Crippen LogP contribution in [0.15, 0.2) is 29.2 Å². The summed E-state index contributed by atoms with van der Waals surface area (Å²) in [6.07, 6.45) is -2.52. The van der Waals surface area contributed by atoms with Gasteiger partial charge >= 0.3 is 6.36 Å². The van der Waals surface area contributed by atoms with Crippen molar-refractivity contribution in [1.29, 1.82) is 0 Å². The summed E-state index contributed by atoms with van der Waals surface area (Å²) in [7, 11) is -3.85. The zero-order valence-electron chi connectivity index (χ0n) is 12.4. The Balaban J connectivity index is 2.20. The van der Waals surface area contributed by atoms with E-state index in [1.165, 1.54) is 16.4 Å². The summed E-state index contributed by atoms with van der Waals surface area (Å²) >= 11 is 0. The number of benzene rings is 1. The lowest BCUT2D eigenvalue weighted by atomic mass is 9.96. The molecule has 1 saturated heterocycles. The maximum Gasteiger partial charge on any atom is 0.573 e. The number of nitrogens with two attached hydrogens (primary N) is 1. The molecular formula is C14H19F3N2O3S. The number of piperidine rings is 1. The van der Waals surface area contributed by atoms with Crippen LogP contribution in [0.3, 0.4) is 0 Å². The summed E-state index contributed by atoms with van der Waals surface area (Å²) in [6, 6.07) is 4.47. The van der Waals surface area contributed by atoms with E-state index in [0.717, 1.165) is 25.0 Å². The lowest BCUT2D eigenvalue weighted by Crippen LogP contribution is -2.40. The molecule has 2 rings (SSSR count). The molecule has 0 spiro atoms. The highest BCUT2D eigenvalue weighted by molar-refractivity contribution is 7.89. The molecule has 1 aromatic rings. The van der Waals surface area contributed by atoms with E-state index in [1.807, 2.05) is 0 Å². The van der Waals surface area contributed by atoms with Crippen molar-refractivity contribution >= 4 is 10.0 Å². The Hall–Kier alpha value is -1.32. The number of halogens is 3. The first-order chi connectivity index (χ1) is 10.7. The Labute approximate surface area is 133 Å². The van der Waals surface area contributed by atoms with Crippen molar-refractivity contribution in [3.63, 3.8) is 0 Å². The standard InChI is InChI=1S/C14H19F3N2O3S/c15-14(16,17)22-12-4-1-5-13(9-12)23(20,21)19-8-2-3-11(10-19)6-7-18/h1,4-5,9,11H,2-3,6-8,10,18H2. The van der Waals surface area contributed by atoms with Crippen LogP contribution in [0.1, 0.15) is 19.3 Å². The minimum atomic E-state index is -4.86. The van der Waals surface area contributed by atoms with Gasteiger partial charge in [-0.25, -0.2) is 8.42 Å². The first kappa shape index (κ1) is 18.0. The molecule has 1 aliphatic heterocycles. The van der Waals surface area contributed by atoms with Gasteiger partial charge in [-0.3, -0.25) is 0 Å². The lowest BCUT2D eigenvalue weighted by molar-refractivity contribution is -0.274. The van der Waals surface area contributed by atoms with Crippen molar-refractivity contribution in [1.82, 2.24) is 4.31 Å². The van der Waals surface area contributed by atoms with Crippen molar-refractivity contribution in [3.05, 3.63) is 24.3 Å². The quantitative estimate of drug-likeness (QED) is 0.883. The van der Waals surface area contributed by atoms with Crippen LogP contribution in [0.25, 0.3) is 0 Å². The average Bonchev–Trinajstić information content (AvgIpc) is 2.46. The van der Waals surface area contributed by atoms with Gasteiger partial charge in [-0.15, -0.1) is 13.2 Å². The van der Waals surface area contributed by atoms with Gasteiger partial charge in [0.05, 0.1) is 4.90 Å². The van der Waals surface area contributed by atoms with Crippen LogP contribution < -0.4 is 10.5 Å². The summed E-state index contributed by atoms with van der Waals surface area (Å²) in [5.74, 6) is -0.368. The van der Waals surface area contributed by atoms with Gasteiger partial charge in [0.15, 0.2) is 0 Å². The zero-order valence-corrected chi connectivity index (χ0v) is 13.2. The highest BCUT2D eigenvalue weighted by Gasteiger charge is 2.33. The van der Waals surface area contributed by atoms with Crippen LogP contribution in [0.4, 0.5) is 13.2 Å². The molecule has 0 aromatic heterocycles. The third-order valence-electron chi connectivity index (χ3n) is 3.73. The van der Waals surface area contributed by atoms with E-state index in [0.29, 0.717) is 26.1 Å². The van der Waals surface area contributed by atoms with Gasteiger partial charge in [0.1, 0.15) is 5.75 Å². The van der Waals surface area contributed by atoms with E-state index in [2.05, 4.69) is 4.74 Å². The van der Waals surface area contributed by atoms with Gasteiger partial charge in [-0.05, 0) is 43.9 Å². The molecule has 1 fully saturated rings. The van der Waals surface area contributed by atoms with E-state index in [9.17, 15) is 21.6 Å². The number of alkyl halides is 3. The van der Waals surface area contributed by atoms with Crippen molar-refractivity contribution in [2.75, 3.05) is 19.6 Å². The number of sulfonamides is 1. The number of hydrogen-bond donors (Lipinski definition) is 1. The lowest BCUT2D eigenvalue weighted by Gasteiger charge is -2.31. The molecule has 9 heteroatoms. The van der Waals surface area contributed by atoms with E-state index < -0.39 is 22.1 Å². The van der Waals surface area contributed by atoms with Crippen LogP contribution in [0, 0.1) is 5.92 Å². The first-order valence-electron chi connectivity index (χ1n) is 7.28. The molecule has 1 heterocycles. The van der Waals surface area contributed by atoms with Crippen molar-refractivity contribution < 1.29 is 26.3 Å². The van der Waals surface area contributed by atoms with Gasteiger partial charge in [0.2, 0.25) is 10.0 Å². The maximum absolute atomic E-state index is 12.6. The van der Waals surface area contributed by atoms with Gasteiger partial charge in [0.25, 0.3) is 0 Å². The second-order valence-corrected chi connectivity index (χ2v) is 7.41. The largest absolute Gasteiger partial charge is 0.573 e. The predicted molar refractivity (Wildman–Crippen MR) is 78.3 cm³/mol. The Bertz CT molecular complexity index is 632. The van der Waals surface area contributed by atoms with Crippen LogP contribution >= 0.6 is 0 Å². The second-order valence-electron chi connectivity index (χ2n) is 5.47. The molecule has 1 aromatic carbocycles. The third kappa shape index (κ3) is 4.82. The minimum Gasteiger partial charge on any atom is -0.406 e. The molecule has 1 atom stereocenters. The Morgan fingerprint density at radius 3 is 2.74 bits per heavy atom. The fourth-order valence-electron chi connectivity index (χ4n) is 2.70. The third-order valence-corrected chi connectivity index (χ3v) is 5.59. The summed E-state index contributed by atoms with van der Waals surface area (Å²) in [5, 5.41) is 0. The fraction of sp³-hybridized carbons (Fsp3) is 0.571. The Morgan fingerprint density at radius 2 is 2.09 bits per heavy atom. The van der Waals surface area contributed by atoms with Gasteiger partial charge in [0, 0.05) is 19.2 Å². The van der Waals surface area contributed by atoms with Crippen LogP contribution in [-0.2, 0) is 10.0 Å². The van der Waals surface area contributed by atoms with E-state index >= 15 is 0 Å². The first-order valence-corrected chi connectivity index (χ1v) is 8.72. The molecule has 0 saturated carbocycles. The van der Waals surface area contributed by atoms with Crippen LogP contribution in [-0.4, -0.2) is 38.7 Å². The monoisotopic (exact) mass is 352 g/mol. The molecule has 1 aliphatic rings. The van der Waals surface area contributed by atoms with E-state index in [-0.39, 0.29) is 10.8 Å². The Morgan fingerprint density at radius 1 is 1.35 bits per heavy atom. The number of hydrogen-bond acceptors (Lipinski definition) is 4. The van der Waals surface area contributed by atoms with Crippen molar-refractivity contribution in [2.45, 2.75) is 30.5 Å². The average molecular weight is 352 g/mol. The minimum absolute atomic E-state index is 0.179. The summed E-state index contributed by atoms with van der Waals surface area (Å²) in [4.78, 5) is -0.201. The molecule has 0 amide bonds. The van der Waals surface area contributed by atoms with E-state index in [4.69, 9.17) is 5.73 Å². The molecule has 2 N–H and O–H groups in total.